The summed E-state index contributed by atoms with van der Waals surface area (Å²) in [6, 6.07) is 0. The molecule has 25 heavy (non-hydrogen) atoms. The second-order valence-corrected chi connectivity index (χ2v) is 6.06. The number of hydrogen-bond acceptors (Lipinski definition) is 11. The van der Waals surface area contributed by atoms with Gasteiger partial charge in [0.2, 0.25) is 0 Å². The lowest BCUT2D eigenvalue weighted by molar-refractivity contribution is -0.211. The minimum absolute atomic E-state index is 0.265. The molecule has 0 bridgehead atoms. The number of nitriles is 1. The van der Waals surface area contributed by atoms with Crippen LogP contribution in [0, 0.1) is 10.7 Å². The van der Waals surface area contributed by atoms with Gasteiger partial charge in [0.15, 0.2) is 18.4 Å². The van der Waals surface area contributed by atoms with Crippen molar-refractivity contribution < 1.29 is 33.3 Å². The van der Waals surface area contributed by atoms with Crippen LogP contribution in [-0.2, 0) is 33.3 Å². The zero-order valence-corrected chi connectivity index (χ0v) is 15.3. The van der Waals surface area contributed by atoms with Gasteiger partial charge in [0, 0.05) is 20.8 Å². The van der Waals surface area contributed by atoms with E-state index in [0.29, 0.717) is 0 Å². The summed E-state index contributed by atoms with van der Waals surface area (Å²) in [5.41, 5.74) is 0. The molecule has 0 radical (unpaired) electrons. The van der Waals surface area contributed by atoms with Crippen molar-refractivity contribution in [2.75, 3.05) is 6.61 Å². The van der Waals surface area contributed by atoms with E-state index < -0.39 is 47.7 Å². The van der Waals surface area contributed by atoms with E-state index >= 15 is 0 Å². The molecule has 1 rings (SSSR count). The number of thiocarbonyl (C=S) groups is 1. The third kappa shape index (κ3) is 6.43. The van der Waals surface area contributed by atoms with Gasteiger partial charge in [-0.2, -0.15) is 10.3 Å². The summed E-state index contributed by atoms with van der Waals surface area (Å²) in [4.78, 5) is 37.8. The number of carbonyl (C=O) groups excluding carboxylic acids is 3. The van der Waals surface area contributed by atoms with Gasteiger partial charge in [-0.05, 0) is 24.0 Å². The summed E-state index contributed by atoms with van der Waals surface area (Å²) in [5, 5.41) is 12.2. The van der Waals surface area contributed by atoms with E-state index in [1.807, 2.05) is 5.40 Å². The lowest BCUT2D eigenvalue weighted by Crippen LogP contribution is -2.59. The van der Waals surface area contributed by atoms with E-state index in [2.05, 4.69) is 22.4 Å². The zero-order valence-electron chi connectivity index (χ0n) is 13.7. The van der Waals surface area contributed by atoms with Gasteiger partial charge in [-0.25, -0.2) is 0 Å². The van der Waals surface area contributed by atoms with Gasteiger partial charge < -0.3 is 18.9 Å². The smallest absolute Gasteiger partial charge is 0.303 e. The number of hydrogen-bond donors (Lipinski definition) is 0. The molecular weight excluding hydrogens is 372 g/mol. The molecule has 0 aromatic rings. The highest BCUT2D eigenvalue weighted by Gasteiger charge is 2.50. The van der Waals surface area contributed by atoms with Crippen molar-refractivity contribution in [2.24, 2.45) is 4.99 Å². The van der Waals surface area contributed by atoms with Crippen LogP contribution in [0.2, 0.25) is 0 Å². The predicted octanol–water partition coefficient (Wildman–Crippen LogP) is 0.823. The van der Waals surface area contributed by atoms with Gasteiger partial charge in [-0.15, -0.1) is 0 Å². The molecule has 0 N–H and O–H groups in total. The van der Waals surface area contributed by atoms with Gasteiger partial charge >= 0.3 is 17.9 Å². The quantitative estimate of drug-likeness (QED) is 0.212. The number of esters is 3. The first kappa shape index (κ1) is 21.1. The summed E-state index contributed by atoms with van der Waals surface area (Å²) in [6.07, 6.45) is -4.12. The van der Waals surface area contributed by atoms with Crippen LogP contribution in [0.1, 0.15) is 20.8 Å². The summed E-state index contributed by atoms with van der Waals surface area (Å²) < 4.78 is 21.0. The van der Waals surface area contributed by atoms with E-state index in [4.69, 9.17) is 24.2 Å². The maximum atomic E-state index is 11.5. The van der Waals surface area contributed by atoms with Crippen LogP contribution in [0.3, 0.4) is 0 Å². The van der Waals surface area contributed by atoms with E-state index in [9.17, 15) is 14.4 Å². The van der Waals surface area contributed by atoms with Crippen LogP contribution in [0.4, 0.5) is 0 Å². The summed E-state index contributed by atoms with van der Waals surface area (Å²) in [7, 11) is 0. The first-order valence-corrected chi connectivity index (χ1v) is 8.34. The molecule has 0 spiro atoms. The number of carbonyl (C=O) groups is 3. The normalized spacial score (nSPS) is 28.0. The minimum Gasteiger partial charge on any atom is -0.463 e. The SMILES string of the molecule is CC(=O)OC[C@H]1O[C@@H](N=C=S)[C@@H](SC#N)[C@@H](OC(C)=O)[C@@H]1OC(C)=O. The molecule has 11 heteroatoms. The summed E-state index contributed by atoms with van der Waals surface area (Å²) >= 11 is 5.31. The maximum absolute atomic E-state index is 11.5. The van der Waals surface area contributed by atoms with Gasteiger partial charge in [0.1, 0.15) is 23.4 Å². The topological polar surface area (TPSA) is 124 Å². The Labute approximate surface area is 153 Å². The van der Waals surface area contributed by atoms with Crippen molar-refractivity contribution in [2.45, 2.75) is 50.6 Å². The number of thiocyanates is 1. The van der Waals surface area contributed by atoms with Gasteiger partial charge in [0.05, 0.1) is 5.16 Å². The standard InChI is InChI=1S/C14H16N2O7S2/c1-7(17)20-4-10-11(21-8(2)18)12(22-9(3)19)13(25-5-15)14(23-10)16-6-24/h10-14H,4H2,1-3H3/t10-,11-,12+,13+,14-/m1/s1. The number of ether oxygens (including phenoxy) is 4. The minimum atomic E-state index is -1.09. The highest BCUT2D eigenvalue weighted by Crippen LogP contribution is 2.34. The largest absolute Gasteiger partial charge is 0.463 e. The monoisotopic (exact) mass is 388 g/mol. The van der Waals surface area contributed by atoms with Crippen LogP contribution in [0.5, 0.6) is 0 Å². The predicted molar refractivity (Wildman–Crippen MR) is 88.4 cm³/mol. The molecule has 0 aromatic heterocycles. The van der Waals surface area contributed by atoms with Crippen molar-refractivity contribution in [1.82, 2.24) is 0 Å². The lowest BCUT2D eigenvalue weighted by Gasteiger charge is -2.42. The van der Waals surface area contributed by atoms with Crippen molar-refractivity contribution in [3.63, 3.8) is 0 Å². The zero-order chi connectivity index (χ0) is 19.0. The highest BCUT2D eigenvalue weighted by molar-refractivity contribution is 8.04. The fraction of sp³-hybridized carbons (Fsp3) is 0.643. The molecule has 1 aliphatic heterocycles. The molecule has 1 fully saturated rings. The molecule has 1 saturated heterocycles. The van der Waals surface area contributed by atoms with Crippen molar-refractivity contribution >= 4 is 47.0 Å². The van der Waals surface area contributed by atoms with Crippen LogP contribution >= 0.6 is 24.0 Å². The number of thioether (sulfide) groups is 1. The molecule has 0 aliphatic carbocycles. The lowest BCUT2D eigenvalue weighted by atomic mass is 10.00. The van der Waals surface area contributed by atoms with Crippen molar-refractivity contribution in [1.29, 1.82) is 5.26 Å². The molecule has 136 valence electrons. The Morgan fingerprint density at radius 2 is 1.76 bits per heavy atom. The fourth-order valence-electron chi connectivity index (χ4n) is 2.23. The third-order valence-corrected chi connectivity index (χ3v) is 4.02. The van der Waals surface area contributed by atoms with Crippen LogP contribution in [0.15, 0.2) is 4.99 Å². The number of aliphatic imine (C=N–C) groups is 1. The molecular formula is C14H16N2O7S2. The second kappa shape index (κ2) is 10.1. The Balaban J connectivity index is 3.24. The molecule has 0 aromatic carbocycles. The van der Waals surface area contributed by atoms with Crippen LogP contribution in [0.25, 0.3) is 0 Å². The first-order valence-electron chi connectivity index (χ1n) is 7.05. The van der Waals surface area contributed by atoms with E-state index in [-0.39, 0.29) is 6.61 Å². The third-order valence-electron chi connectivity index (χ3n) is 3.03. The number of rotatable bonds is 6. The number of nitrogens with zero attached hydrogens (tertiary/aromatic N) is 2. The molecule has 0 unspecified atom stereocenters. The maximum Gasteiger partial charge on any atom is 0.303 e. The molecule has 0 saturated carbocycles. The fourth-order valence-corrected chi connectivity index (χ4v) is 3.04. The number of isothiocyanates is 1. The Kier molecular flexibility index (Phi) is 8.51. The summed E-state index contributed by atoms with van der Waals surface area (Å²) in [6.45, 7) is 3.28. The highest BCUT2D eigenvalue weighted by atomic mass is 32.2. The summed E-state index contributed by atoms with van der Waals surface area (Å²) in [5.74, 6) is -1.88. The Morgan fingerprint density at radius 1 is 1.16 bits per heavy atom. The van der Waals surface area contributed by atoms with Crippen molar-refractivity contribution in [3.05, 3.63) is 0 Å². The van der Waals surface area contributed by atoms with Gasteiger partial charge in [-0.1, -0.05) is 0 Å². The van der Waals surface area contributed by atoms with E-state index in [1.54, 1.807) is 0 Å². The van der Waals surface area contributed by atoms with Gasteiger partial charge in [-0.3, -0.25) is 14.4 Å². The molecule has 9 nitrogen and oxygen atoms in total. The van der Waals surface area contributed by atoms with E-state index in [1.165, 1.54) is 20.8 Å². The molecule has 5 atom stereocenters. The average Bonchev–Trinajstić information content (AvgIpc) is 2.50. The Hall–Kier alpha value is -1.99. The first-order chi connectivity index (χ1) is 11.8. The van der Waals surface area contributed by atoms with Crippen molar-refractivity contribution in [3.8, 4) is 5.40 Å². The van der Waals surface area contributed by atoms with Crippen LogP contribution < -0.4 is 0 Å². The molecule has 1 aliphatic rings. The molecule has 0 amide bonds. The Bertz CT molecular complexity index is 615. The molecule has 1 heterocycles. The van der Waals surface area contributed by atoms with E-state index in [0.717, 1.165) is 11.8 Å². The second-order valence-electron chi connectivity index (χ2n) is 4.91. The van der Waals surface area contributed by atoms with Gasteiger partial charge in [0.25, 0.3) is 0 Å². The Morgan fingerprint density at radius 3 is 2.24 bits per heavy atom. The van der Waals surface area contributed by atoms with Crippen LogP contribution in [-0.4, -0.2) is 59.5 Å². The average molecular weight is 388 g/mol.